The molecule has 0 heterocycles. The first-order chi connectivity index (χ1) is 11.4. The molecule has 0 amide bonds. The minimum Gasteiger partial charge on any atom is -0.508 e. The van der Waals surface area contributed by atoms with E-state index in [-0.39, 0.29) is 11.5 Å². The minimum absolute atomic E-state index is 0.220. The van der Waals surface area contributed by atoms with Crippen LogP contribution in [0.15, 0.2) is 29.4 Å². The fraction of sp³-hybridized carbons (Fsp3) is 0.545. The molecule has 0 fully saturated rings. The van der Waals surface area contributed by atoms with E-state index in [1.165, 1.54) is 24.0 Å². The summed E-state index contributed by atoms with van der Waals surface area (Å²) in [5, 5.41) is 20.8. The molecule has 1 aromatic rings. The van der Waals surface area contributed by atoms with Crippen molar-refractivity contribution < 1.29 is 10.2 Å². The molecule has 0 aliphatic heterocycles. The molecule has 0 unspecified atom stereocenters. The predicted octanol–water partition coefficient (Wildman–Crippen LogP) is 6.37. The molecule has 0 spiro atoms. The quantitative estimate of drug-likeness (QED) is 0.408. The van der Waals surface area contributed by atoms with E-state index in [1.807, 2.05) is 13.0 Å². The van der Waals surface area contributed by atoms with Gasteiger partial charge in [0.2, 0.25) is 0 Å². The number of hydrogen-bond donors (Lipinski definition) is 2. The molecule has 0 aromatic heterocycles. The minimum atomic E-state index is 0.220. The van der Waals surface area contributed by atoms with Gasteiger partial charge >= 0.3 is 0 Å². The highest BCUT2D eigenvalue weighted by Crippen LogP contribution is 2.34. The zero-order valence-electron chi connectivity index (χ0n) is 16.1. The molecule has 134 valence electrons. The Morgan fingerprint density at radius 1 is 1.08 bits per heavy atom. The van der Waals surface area contributed by atoms with E-state index in [9.17, 15) is 10.2 Å². The molecule has 2 heteroatoms. The Hall–Kier alpha value is -1.70. The first-order valence-corrected chi connectivity index (χ1v) is 9.19. The highest BCUT2D eigenvalue weighted by Gasteiger charge is 2.13. The lowest BCUT2D eigenvalue weighted by molar-refractivity contribution is 0.436. The first kappa shape index (κ1) is 20.3. The second kappa shape index (κ2) is 10.2. The normalized spacial score (nSPS) is 11.6. The van der Waals surface area contributed by atoms with Crippen LogP contribution < -0.4 is 0 Å². The van der Waals surface area contributed by atoms with Crippen LogP contribution in [0.2, 0.25) is 0 Å². The summed E-state index contributed by atoms with van der Waals surface area (Å²) in [6, 6.07) is 1.84. The summed E-state index contributed by atoms with van der Waals surface area (Å²) in [7, 11) is 0. The maximum absolute atomic E-state index is 10.5. The third-order valence-electron chi connectivity index (χ3n) is 4.54. The van der Waals surface area contributed by atoms with Gasteiger partial charge in [-0.05, 0) is 77.0 Å². The topological polar surface area (TPSA) is 40.5 Å². The highest BCUT2D eigenvalue weighted by atomic mass is 16.3. The molecule has 2 nitrogen and oxygen atoms in total. The van der Waals surface area contributed by atoms with Crippen molar-refractivity contribution in [3.8, 4) is 11.5 Å². The molecule has 0 bridgehead atoms. The van der Waals surface area contributed by atoms with Gasteiger partial charge in [-0.2, -0.15) is 0 Å². The zero-order chi connectivity index (χ0) is 18.1. The van der Waals surface area contributed by atoms with Gasteiger partial charge in [0.15, 0.2) is 0 Å². The lowest BCUT2D eigenvalue weighted by Gasteiger charge is -2.13. The average Bonchev–Trinajstić information content (AvgIpc) is 2.51. The van der Waals surface area contributed by atoms with Crippen LogP contribution >= 0.6 is 0 Å². The Bertz CT molecular complexity index is 590. The number of benzene rings is 1. The number of phenols is 2. The van der Waals surface area contributed by atoms with Crippen molar-refractivity contribution in [3.05, 3.63) is 46.1 Å². The van der Waals surface area contributed by atoms with E-state index in [0.717, 1.165) is 36.8 Å². The Morgan fingerprint density at radius 3 is 2.42 bits per heavy atom. The second-order valence-corrected chi connectivity index (χ2v) is 7.04. The van der Waals surface area contributed by atoms with Gasteiger partial charge in [-0.15, -0.1) is 0 Å². The summed E-state index contributed by atoms with van der Waals surface area (Å²) >= 11 is 0. The van der Waals surface area contributed by atoms with Crippen molar-refractivity contribution in [3.63, 3.8) is 0 Å². The van der Waals surface area contributed by atoms with Crippen molar-refractivity contribution in [2.75, 3.05) is 0 Å². The van der Waals surface area contributed by atoms with Crippen LogP contribution in [-0.2, 0) is 12.8 Å². The van der Waals surface area contributed by atoms with Crippen LogP contribution in [0.3, 0.4) is 0 Å². The van der Waals surface area contributed by atoms with Crippen LogP contribution in [0.25, 0.3) is 0 Å². The number of unbranched alkanes of at least 4 members (excludes halogenated alkanes) is 2. The largest absolute Gasteiger partial charge is 0.508 e. The molecular weight excluding hydrogens is 296 g/mol. The zero-order valence-corrected chi connectivity index (χ0v) is 16.1. The van der Waals surface area contributed by atoms with Crippen molar-refractivity contribution in [1.82, 2.24) is 0 Å². The van der Waals surface area contributed by atoms with Crippen LogP contribution in [0, 0.1) is 6.92 Å². The summed E-state index contributed by atoms with van der Waals surface area (Å²) in [5.74, 6) is 0.479. The van der Waals surface area contributed by atoms with Crippen LogP contribution in [0.4, 0.5) is 0 Å². The van der Waals surface area contributed by atoms with Gasteiger partial charge in [-0.3, -0.25) is 0 Å². The monoisotopic (exact) mass is 330 g/mol. The molecule has 0 aliphatic carbocycles. The lowest BCUT2D eigenvalue weighted by atomic mass is 9.95. The van der Waals surface area contributed by atoms with E-state index in [0.29, 0.717) is 12.0 Å². The second-order valence-electron chi connectivity index (χ2n) is 7.04. The Labute approximate surface area is 147 Å². The smallest absolute Gasteiger partial charge is 0.125 e. The SMILES string of the molecule is CCCCCc1cc(O)c(C/C=C(\C)CCC=C(C)C)c(O)c1C. The van der Waals surface area contributed by atoms with Gasteiger partial charge in [0.05, 0.1) is 0 Å². The Kier molecular flexibility index (Phi) is 8.67. The van der Waals surface area contributed by atoms with E-state index in [4.69, 9.17) is 0 Å². The molecule has 0 atom stereocenters. The summed E-state index contributed by atoms with van der Waals surface area (Å²) < 4.78 is 0. The van der Waals surface area contributed by atoms with Crippen molar-refractivity contribution in [2.24, 2.45) is 0 Å². The van der Waals surface area contributed by atoms with Gasteiger partial charge in [-0.25, -0.2) is 0 Å². The third-order valence-corrected chi connectivity index (χ3v) is 4.54. The molecular formula is C22H34O2. The molecule has 1 rings (SSSR count). The molecule has 0 saturated carbocycles. The maximum atomic E-state index is 10.5. The first-order valence-electron chi connectivity index (χ1n) is 9.19. The molecule has 0 radical (unpaired) electrons. The number of hydrogen-bond acceptors (Lipinski definition) is 2. The van der Waals surface area contributed by atoms with Crippen molar-refractivity contribution in [2.45, 2.75) is 79.6 Å². The van der Waals surface area contributed by atoms with Crippen LogP contribution in [0.1, 0.15) is 76.5 Å². The third kappa shape index (κ3) is 6.43. The number of aromatic hydroxyl groups is 2. The lowest BCUT2D eigenvalue weighted by Crippen LogP contribution is -1.95. The predicted molar refractivity (Wildman–Crippen MR) is 104 cm³/mol. The molecule has 24 heavy (non-hydrogen) atoms. The Morgan fingerprint density at radius 2 is 1.79 bits per heavy atom. The van der Waals surface area contributed by atoms with Gasteiger partial charge < -0.3 is 10.2 Å². The van der Waals surface area contributed by atoms with Gasteiger partial charge in [0, 0.05) is 5.56 Å². The van der Waals surface area contributed by atoms with Gasteiger partial charge in [-0.1, -0.05) is 43.1 Å². The van der Waals surface area contributed by atoms with Gasteiger partial charge in [0.25, 0.3) is 0 Å². The summed E-state index contributed by atoms with van der Waals surface area (Å²) in [6.07, 6.45) is 11.3. The van der Waals surface area contributed by atoms with Crippen molar-refractivity contribution >= 4 is 0 Å². The van der Waals surface area contributed by atoms with E-state index in [1.54, 1.807) is 0 Å². The molecule has 2 N–H and O–H groups in total. The molecule has 0 aliphatic rings. The number of rotatable bonds is 9. The number of allylic oxidation sites excluding steroid dienone is 4. The van der Waals surface area contributed by atoms with E-state index < -0.39 is 0 Å². The average molecular weight is 331 g/mol. The molecule has 1 aromatic carbocycles. The molecule has 0 saturated heterocycles. The van der Waals surface area contributed by atoms with Crippen LogP contribution in [0.5, 0.6) is 11.5 Å². The summed E-state index contributed by atoms with van der Waals surface area (Å²) in [6.45, 7) is 10.5. The standard InChI is InChI=1S/C22H34O2/c1-6-7-8-12-19-15-21(23)20(22(24)18(19)5)14-13-17(4)11-9-10-16(2)3/h10,13,15,23-24H,6-9,11-12,14H2,1-5H3/b17-13+. The number of phenolic OH excluding ortho intramolecular Hbond substituents is 2. The van der Waals surface area contributed by atoms with Crippen LogP contribution in [-0.4, -0.2) is 10.2 Å². The van der Waals surface area contributed by atoms with Gasteiger partial charge in [0.1, 0.15) is 11.5 Å². The fourth-order valence-electron chi connectivity index (χ4n) is 2.85. The highest BCUT2D eigenvalue weighted by molar-refractivity contribution is 5.53. The summed E-state index contributed by atoms with van der Waals surface area (Å²) in [4.78, 5) is 0. The van der Waals surface area contributed by atoms with E-state index in [2.05, 4.69) is 39.8 Å². The number of aryl methyl sites for hydroxylation is 1. The fourth-order valence-corrected chi connectivity index (χ4v) is 2.85. The van der Waals surface area contributed by atoms with E-state index >= 15 is 0 Å². The van der Waals surface area contributed by atoms with Crippen molar-refractivity contribution in [1.29, 1.82) is 0 Å². The summed E-state index contributed by atoms with van der Waals surface area (Å²) in [5.41, 5.74) is 5.25. The maximum Gasteiger partial charge on any atom is 0.125 e. The Balaban J connectivity index is 2.81.